The van der Waals surface area contributed by atoms with Crippen molar-refractivity contribution >= 4 is 17.3 Å². The van der Waals surface area contributed by atoms with Crippen LogP contribution < -0.4 is 0 Å². The highest BCUT2D eigenvalue weighted by molar-refractivity contribution is 7.07. The minimum Gasteiger partial charge on any atom is -0.468 e. The molecule has 0 unspecified atom stereocenters. The molecule has 15 heavy (non-hydrogen) atoms. The molecule has 1 atom stereocenters. The predicted octanol–water partition coefficient (Wildman–Crippen LogP) is 2.06. The molecule has 0 saturated carbocycles. The Bertz CT molecular complexity index is 323. The minimum absolute atomic E-state index is 0.142. The Kier molecular flexibility index (Phi) is 3.38. The summed E-state index contributed by atoms with van der Waals surface area (Å²) in [6.45, 7) is 1.41. The Morgan fingerprint density at radius 2 is 2.60 bits per heavy atom. The van der Waals surface area contributed by atoms with Gasteiger partial charge in [0.05, 0.1) is 13.7 Å². The van der Waals surface area contributed by atoms with Crippen LogP contribution in [0, 0.1) is 0 Å². The van der Waals surface area contributed by atoms with Crippen LogP contribution >= 0.6 is 11.3 Å². The van der Waals surface area contributed by atoms with Gasteiger partial charge in [-0.1, -0.05) is 0 Å². The molecule has 1 saturated heterocycles. The molecule has 1 aliphatic heterocycles. The van der Waals surface area contributed by atoms with E-state index >= 15 is 0 Å². The van der Waals surface area contributed by atoms with Crippen LogP contribution in [-0.4, -0.2) is 31.1 Å². The van der Waals surface area contributed by atoms with E-state index in [9.17, 15) is 4.79 Å². The summed E-state index contributed by atoms with van der Waals surface area (Å²) in [4.78, 5) is 13.4. The molecule has 0 bridgehead atoms. The number of hydrogen-bond donors (Lipinski definition) is 0. The number of likely N-dealkylation sites (tertiary alicyclic amines) is 1. The number of rotatable bonds is 3. The van der Waals surface area contributed by atoms with Crippen LogP contribution in [-0.2, 0) is 9.53 Å². The van der Waals surface area contributed by atoms with Crippen molar-refractivity contribution in [1.29, 1.82) is 0 Å². The molecule has 82 valence electrons. The van der Waals surface area contributed by atoms with Crippen LogP contribution in [0.5, 0.6) is 0 Å². The van der Waals surface area contributed by atoms with Gasteiger partial charge in [-0.05, 0) is 41.8 Å². The van der Waals surface area contributed by atoms with E-state index in [0.29, 0.717) is 12.6 Å². The van der Waals surface area contributed by atoms with Crippen LogP contribution in [0.3, 0.4) is 0 Å². The highest BCUT2D eigenvalue weighted by Crippen LogP contribution is 2.32. The lowest BCUT2D eigenvalue weighted by atomic mass is 10.1. The molecular formula is C11H15NO2S. The van der Waals surface area contributed by atoms with Gasteiger partial charge in [-0.3, -0.25) is 9.69 Å². The average molecular weight is 225 g/mol. The fraction of sp³-hybridized carbons (Fsp3) is 0.545. The molecule has 0 N–H and O–H groups in total. The molecular weight excluding hydrogens is 210 g/mol. The Balaban J connectivity index is 2.02. The summed E-state index contributed by atoms with van der Waals surface area (Å²) in [6, 6.07) is 2.56. The standard InChI is InChI=1S/C11H15NO2S/c1-14-11(13)7-12-5-2-3-10(12)9-4-6-15-8-9/h4,6,8,10H,2-3,5,7H2,1H3/t10-/m0/s1. The van der Waals surface area contributed by atoms with Crippen molar-refractivity contribution in [1.82, 2.24) is 4.90 Å². The van der Waals surface area contributed by atoms with Crippen molar-refractivity contribution in [3.05, 3.63) is 22.4 Å². The first-order valence-corrected chi connectivity index (χ1v) is 6.08. The molecule has 1 aromatic heterocycles. The third-order valence-corrected chi connectivity index (χ3v) is 3.55. The maximum Gasteiger partial charge on any atom is 0.319 e. The summed E-state index contributed by atoms with van der Waals surface area (Å²) in [5.41, 5.74) is 1.33. The first kappa shape index (κ1) is 10.6. The van der Waals surface area contributed by atoms with Crippen molar-refractivity contribution in [2.75, 3.05) is 20.2 Å². The predicted molar refractivity (Wildman–Crippen MR) is 59.9 cm³/mol. The summed E-state index contributed by atoms with van der Waals surface area (Å²) in [7, 11) is 1.44. The summed E-state index contributed by atoms with van der Waals surface area (Å²) >= 11 is 1.71. The average Bonchev–Trinajstić information content (AvgIpc) is 2.86. The van der Waals surface area contributed by atoms with Gasteiger partial charge >= 0.3 is 5.97 Å². The number of esters is 1. The smallest absolute Gasteiger partial charge is 0.319 e. The van der Waals surface area contributed by atoms with E-state index in [0.717, 1.165) is 19.4 Å². The van der Waals surface area contributed by atoms with Gasteiger partial charge in [0, 0.05) is 6.04 Å². The lowest BCUT2D eigenvalue weighted by Crippen LogP contribution is -2.29. The van der Waals surface area contributed by atoms with E-state index < -0.39 is 0 Å². The second kappa shape index (κ2) is 4.77. The third kappa shape index (κ3) is 2.38. The van der Waals surface area contributed by atoms with Crippen LogP contribution in [0.2, 0.25) is 0 Å². The van der Waals surface area contributed by atoms with Crippen molar-refractivity contribution in [3.63, 3.8) is 0 Å². The van der Waals surface area contributed by atoms with Gasteiger partial charge in [-0.25, -0.2) is 0 Å². The summed E-state index contributed by atoms with van der Waals surface area (Å²) in [5, 5.41) is 4.25. The van der Waals surface area contributed by atoms with Gasteiger partial charge in [0.25, 0.3) is 0 Å². The minimum atomic E-state index is -0.142. The van der Waals surface area contributed by atoms with Gasteiger partial charge in [-0.15, -0.1) is 0 Å². The van der Waals surface area contributed by atoms with Crippen molar-refractivity contribution in [2.24, 2.45) is 0 Å². The number of ether oxygens (including phenoxy) is 1. The molecule has 0 aromatic carbocycles. The summed E-state index contributed by atoms with van der Waals surface area (Å²) in [5.74, 6) is -0.142. The fourth-order valence-electron chi connectivity index (χ4n) is 2.09. The number of carbonyl (C=O) groups excluding carboxylic acids is 1. The number of methoxy groups -OCH3 is 1. The Morgan fingerprint density at radius 3 is 3.27 bits per heavy atom. The third-order valence-electron chi connectivity index (χ3n) is 2.85. The number of carbonyl (C=O) groups is 1. The fourth-order valence-corrected chi connectivity index (χ4v) is 2.79. The first-order chi connectivity index (χ1) is 7.31. The molecule has 0 spiro atoms. The van der Waals surface area contributed by atoms with Gasteiger partial charge in [0.1, 0.15) is 0 Å². The number of thiophene rings is 1. The van der Waals surface area contributed by atoms with E-state index in [-0.39, 0.29) is 5.97 Å². The monoisotopic (exact) mass is 225 g/mol. The topological polar surface area (TPSA) is 29.5 Å². The van der Waals surface area contributed by atoms with E-state index in [2.05, 4.69) is 21.7 Å². The van der Waals surface area contributed by atoms with Crippen LogP contribution in [0.4, 0.5) is 0 Å². The van der Waals surface area contributed by atoms with E-state index in [1.807, 2.05) is 0 Å². The van der Waals surface area contributed by atoms with Gasteiger partial charge in [-0.2, -0.15) is 11.3 Å². The van der Waals surface area contributed by atoms with Crippen molar-refractivity contribution < 1.29 is 9.53 Å². The van der Waals surface area contributed by atoms with Crippen molar-refractivity contribution in [3.8, 4) is 0 Å². The first-order valence-electron chi connectivity index (χ1n) is 5.14. The highest BCUT2D eigenvalue weighted by Gasteiger charge is 2.27. The molecule has 2 heterocycles. The lowest BCUT2D eigenvalue weighted by Gasteiger charge is -2.22. The SMILES string of the molecule is COC(=O)CN1CCC[C@H]1c1ccsc1. The summed E-state index contributed by atoms with van der Waals surface area (Å²) in [6.07, 6.45) is 2.31. The van der Waals surface area contributed by atoms with Crippen LogP contribution in [0.25, 0.3) is 0 Å². The molecule has 1 aromatic rings. The Labute approximate surface area is 93.7 Å². The second-order valence-corrected chi connectivity index (χ2v) is 4.54. The lowest BCUT2D eigenvalue weighted by molar-refractivity contribution is -0.142. The van der Waals surface area contributed by atoms with Gasteiger partial charge in [0.15, 0.2) is 0 Å². The Hall–Kier alpha value is -0.870. The second-order valence-electron chi connectivity index (χ2n) is 3.76. The molecule has 0 amide bonds. The quantitative estimate of drug-likeness (QED) is 0.737. The molecule has 1 aliphatic rings. The van der Waals surface area contributed by atoms with E-state index in [1.54, 1.807) is 11.3 Å². The normalized spacial score (nSPS) is 21.8. The van der Waals surface area contributed by atoms with E-state index in [1.165, 1.54) is 12.7 Å². The molecule has 2 rings (SSSR count). The number of hydrogen-bond acceptors (Lipinski definition) is 4. The zero-order valence-electron chi connectivity index (χ0n) is 8.81. The van der Waals surface area contributed by atoms with Gasteiger partial charge < -0.3 is 4.74 Å². The van der Waals surface area contributed by atoms with Crippen molar-refractivity contribution in [2.45, 2.75) is 18.9 Å². The molecule has 4 heteroatoms. The van der Waals surface area contributed by atoms with Gasteiger partial charge in [0.2, 0.25) is 0 Å². The zero-order valence-corrected chi connectivity index (χ0v) is 9.63. The van der Waals surface area contributed by atoms with E-state index in [4.69, 9.17) is 4.74 Å². The highest BCUT2D eigenvalue weighted by atomic mass is 32.1. The van der Waals surface area contributed by atoms with Crippen LogP contribution in [0.1, 0.15) is 24.4 Å². The number of nitrogens with zero attached hydrogens (tertiary/aromatic N) is 1. The maximum absolute atomic E-state index is 11.2. The molecule has 1 fully saturated rings. The summed E-state index contributed by atoms with van der Waals surface area (Å²) < 4.78 is 4.70. The molecule has 0 radical (unpaired) electrons. The van der Waals surface area contributed by atoms with Crippen LogP contribution in [0.15, 0.2) is 16.8 Å². The molecule has 0 aliphatic carbocycles. The molecule has 3 nitrogen and oxygen atoms in total. The maximum atomic E-state index is 11.2. The zero-order chi connectivity index (χ0) is 10.7. The largest absolute Gasteiger partial charge is 0.468 e. The Morgan fingerprint density at radius 1 is 1.73 bits per heavy atom.